The molecule has 4 heterocycles. The van der Waals surface area contributed by atoms with Crippen molar-refractivity contribution in [3.63, 3.8) is 0 Å². The number of aliphatic hydroxyl groups excluding tert-OH is 1. The number of hydrogen-bond acceptors (Lipinski definition) is 11. The molecule has 12 nitrogen and oxygen atoms in total. The number of allylic oxidation sites excluding steroid dienone is 1. The number of anilines is 2. The van der Waals surface area contributed by atoms with Gasteiger partial charge in [0.25, 0.3) is 0 Å². The zero-order valence-corrected chi connectivity index (χ0v) is 25.9. The molecule has 1 aliphatic heterocycles. The van der Waals surface area contributed by atoms with Crippen molar-refractivity contribution in [1.29, 1.82) is 0 Å². The van der Waals surface area contributed by atoms with Crippen LogP contribution in [-0.2, 0) is 22.6 Å². The topological polar surface area (TPSA) is 146 Å². The van der Waals surface area contributed by atoms with Crippen molar-refractivity contribution in [1.82, 2.24) is 24.7 Å². The SMILES string of the molecule is C=CC(=O)C[C@H]1CCOC[C@H]1Nc1ncc2cc(-c3c(Cl)c(OC)cc(OC)c3Cl)nc(NCc3cnn(CCO)c3)c2n1. The summed E-state index contributed by atoms with van der Waals surface area (Å²) in [7, 11) is 3.02. The van der Waals surface area contributed by atoms with Crippen molar-refractivity contribution in [2.24, 2.45) is 5.92 Å². The third-order valence-corrected chi connectivity index (χ3v) is 8.13. The Bertz CT molecular complexity index is 1640. The van der Waals surface area contributed by atoms with Gasteiger partial charge in [-0.1, -0.05) is 29.8 Å². The third kappa shape index (κ3) is 6.88. The average Bonchev–Trinajstić information content (AvgIpc) is 3.48. The smallest absolute Gasteiger partial charge is 0.223 e. The van der Waals surface area contributed by atoms with E-state index in [1.165, 1.54) is 20.3 Å². The lowest BCUT2D eigenvalue weighted by atomic mass is 9.90. The number of pyridine rings is 1. The number of aromatic nitrogens is 5. The largest absolute Gasteiger partial charge is 0.495 e. The fraction of sp³-hybridized carbons (Fsp3) is 0.367. The summed E-state index contributed by atoms with van der Waals surface area (Å²) >= 11 is 13.5. The molecule has 0 spiro atoms. The Balaban J connectivity index is 1.55. The van der Waals surface area contributed by atoms with E-state index in [4.69, 9.17) is 47.4 Å². The van der Waals surface area contributed by atoms with E-state index in [1.807, 2.05) is 6.20 Å². The van der Waals surface area contributed by atoms with Gasteiger partial charge >= 0.3 is 0 Å². The molecule has 0 radical (unpaired) electrons. The minimum atomic E-state index is -0.159. The average molecular weight is 643 g/mol. The molecule has 4 aromatic rings. The molecule has 0 aliphatic carbocycles. The number of nitrogens with zero attached hydrogens (tertiary/aromatic N) is 5. The van der Waals surface area contributed by atoms with Crippen LogP contribution in [0.3, 0.4) is 0 Å². The van der Waals surface area contributed by atoms with Crippen molar-refractivity contribution >= 4 is 51.7 Å². The quantitative estimate of drug-likeness (QED) is 0.173. The number of aliphatic hydroxyl groups is 1. The highest BCUT2D eigenvalue weighted by molar-refractivity contribution is 6.41. The number of halogens is 2. The minimum Gasteiger partial charge on any atom is -0.495 e. The molecule has 1 saturated heterocycles. The number of nitrogens with one attached hydrogen (secondary N) is 2. The van der Waals surface area contributed by atoms with Gasteiger partial charge in [0.1, 0.15) is 17.0 Å². The van der Waals surface area contributed by atoms with Gasteiger partial charge in [-0.3, -0.25) is 9.48 Å². The van der Waals surface area contributed by atoms with E-state index in [9.17, 15) is 9.90 Å². The molecule has 0 unspecified atom stereocenters. The molecule has 1 aliphatic rings. The van der Waals surface area contributed by atoms with Crippen molar-refractivity contribution in [2.75, 3.05) is 44.7 Å². The van der Waals surface area contributed by atoms with Crippen LogP contribution in [0.5, 0.6) is 11.5 Å². The van der Waals surface area contributed by atoms with Gasteiger partial charge in [-0.05, 0) is 24.5 Å². The van der Waals surface area contributed by atoms with Crippen molar-refractivity contribution in [2.45, 2.75) is 32.0 Å². The molecule has 2 atom stereocenters. The molecule has 3 aromatic heterocycles. The van der Waals surface area contributed by atoms with Gasteiger partial charge in [0, 0.05) is 54.5 Å². The summed E-state index contributed by atoms with van der Waals surface area (Å²) in [6.07, 6.45) is 7.69. The normalized spacial score (nSPS) is 16.5. The Morgan fingerprint density at radius 1 is 1.20 bits per heavy atom. The van der Waals surface area contributed by atoms with Crippen molar-refractivity contribution < 1.29 is 24.1 Å². The molecule has 1 fully saturated rings. The maximum absolute atomic E-state index is 12.1. The highest BCUT2D eigenvalue weighted by Gasteiger charge is 2.28. The number of fused-ring (bicyclic) bond motifs is 1. The van der Waals surface area contributed by atoms with E-state index in [-0.39, 0.29) is 34.4 Å². The lowest BCUT2D eigenvalue weighted by Crippen LogP contribution is -2.40. The van der Waals surface area contributed by atoms with Crippen molar-refractivity contribution in [3.8, 4) is 22.8 Å². The number of methoxy groups -OCH3 is 2. The number of rotatable bonds is 13. The van der Waals surface area contributed by atoms with Gasteiger partial charge in [0.05, 0.1) is 62.0 Å². The Hall–Kier alpha value is -3.97. The monoisotopic (exact) mass is 641 g/mol. The molecular formula is C30H33Cl2N7O5. The van der Waals surface area contributed by atoms with E-state index in [0.29, 0.717) is 78.1 Å². The zero-order valence-electron chi connectivity index (χ0n) is 24.3. The predicted octanol–water partition coefficient (Wildman–Crippen LogP) is 4.78. The maximum atomic E-state index is 12.1. The van der Waals surface area contributed by atoms with E-state index >= 15 is 0 Å². The van der Waals surface area contributed by atoms with Crippen LogP contribution in [0.25, 0.3) is 22.2 Å². The van der Waals surface area contributed by atoms with Crippen LogP contribution in [0.15, 0.2) is 43.4 Å². The molecule has 232 valence electrons. The second-order valence-electron chi connectivity index (χ2n) is 10.2. The number of ether oxygens (including phenoxy) is 3. The molecule has 44 heavy (non-hydrogen) atoms. The number of carbonyl (C=O) groups excluding carboxylic acids is 1. The van der Waals surface area contributed by atoms with Crippen LogP contribution >= 0.6 is 23.2 Å². The summed E-state index contributed by atoms with van der Waals surface area (Å²) in [6.45, 7) is 5.35. The van der Waals surface area contributed by atoms with Crippen LogP contribution < -0.4 is 20.1 Å². The summed E-state index contributed by atoms with van der Waals surface area (Å²) in [5.74, 6) is 1.62. The Morgan fingerprint density at radius 2 is 1.98 bits per heavy atom. The van der Waals surface area contributed by atoms with Gasteiger partial charge in [-0.2, -0.15) is 5.10 Å². The Labute approximate surface area is 264 Å². The molecule has 5 rings (SSSR count). The minimum absolute atomic E-state index is 0.0137. The predicted molar refractivity (Wildman–Crippen MR) is 169 cm³/mol. The number of carbonyl (C=O) groups is 1. The molecule has 0 amide bonds. The molecule has 3 N–H and O–H groups in total. The Kier molecular flexibility index (Phi) is 10.2. The molecule has 0 saturated carbocycles. The van der Waals surface area contributed by atoms with Crippen LogP contribution in [0.2, 0.25) is 10.0 Å². The van der Waals surface area contributed by atoms with E-state index < -0.39 is 0 Å². The molecule has 1 aromatic carbocycles. The first-order valence-corrected chi connectivity index (χ1v) is 14.7. The zero-order chi connectivity index (χ0) is 31.2. The van der Waals surface area contributed by atoms with Gasteiger partial charge in [0.15, 0.2) is 11.6 Å². The second-order valence-corrected chi connectivity index (χ2v) is 11.0. The number of benzene rings is 1. The van der Waals surface area contributed by atoms with Crippen LogP contribution in [0.1, 0.15) is 18.4 Å². The van der Waals surface area contributed by atoms with Crippen molar-refractivity contribution in [3.05, 3.63) is 59.0 Å². The Morgan fingerprint density at radius 3 is 2.68 bits per heavy atom. The first-order chi connectivity index (χ1) is 21.3. The van der Waals surface area contributed by atoms with E-state index in [2.05, 4.69) is 27.3 Å². The summed E-state index contributed by atoms with van der Waals surface area (Å²) in [5, 5.41) is 21.5. The highest BCUT2D eigenvalue weighted by atomic mass is 35.5. The van der Waals surface area contributed by atoms with Crippen LogP contribution in [0.4, 0.5) is 11.8 Å². The summed E-state index contributed by atoms with van der Waals surface area (Å²) < 4.78 is 18.3. The second kappa shape index (κ2) is 14.2. The summed E-state index contributed by atoms with van der Waals surface area (Å²) in [6, 6.07) is 3.25. The van der Waals surface area contributed by atoms with Crippen LogP contribution in [-0.4, -0.2) is 75.7 Å². The molecular weight excluding hydrogens is 609 g/mol. The summed E-state index contributed by atoms with van der Waals surface area (Å²) in [5.41, 5.74) is 2.31. The first-order valence-electron chi connectivity index (χ1n) is 14.0. The highest BCUT2D eigenvalue weighted by Crippen LogP contribution is 2.46. The third-order valence-electron chi connectivity index (χ3n) is 7.38. The van der Waals surface area contributed by atoms with Crippen LogP contribution in [0, 0.1) is 5.92 Å². The fourth-order valence-corrected chi connectivity index (χ4v) is 5.77. The van der Waals surface area contributed by atoms with E-state index in [1.54, 1.807) is 29.2 Å². The van der Waals surface area contributed by atoms with Gasteiger partial charge in [0.2, 0.25) is 5.95 Å². The number of hydrogen-bond donors (Lipinski definition) is 3. The van der Waals surface area contributed by atoms with E-state index in [0.717, 1.165) is 12.0 Å². The van der Waals surface area contributed by atoms with Gasteiger partial charge in [-0.25, -0.2) is 15.0 Å². The summed E-state index contributed by atoms with van der Waals surface area (Å²) in [4.78, 5) is 26.4. The van der Waals surface area contributed by atoms with Gasteiger partial charge in [-0.15, -0.1) is 0 Å². The standard InChI is InChI=1S/C30H33Cl2N7O5/c1-4-20(41)9-18-5-8-44-16-22(18)37-30-34-14-19-10-21(25-26(31)23(42-2)11-24(43-3)27(25)32)36-29(28(19)38-30)33-12-17-13-35-39(15-17)6-7-40/h4,10-11,13-15,18,22,40H,1,5-9,12,16H2,2-3H3,(H,33,36)(H,34,37,38)/t18-,22-/m1/s1. The maximum Gasteiger partial charge on any atom is 0.223 e. The number of ketones is 1. The first kappa shape index (κ1) is 31.5. The lowest BCUT2D eigenvalue weighted by Gasteiger charge is -2.31. The van der Waals surface area contributed by atoms with Gasteiger partial charge < -0.3 is 30.0 Å². The fourth-order valence-electron chi connectivity index (χ4n) is 5.07. The lowest BCUT2D eigenvalue weighted by molar-refractivity contribution is -0.116. The molecule has 14 heteroatoms. The molecule has 0 bridgehead atoms.